The van der Waals surface area contributed by atoms with Gasteiger partial charge < -0.3 is 10.4 Å². The average molecular weight is 204 g/mol. The molecule has 0 aliphatic carbocycles. The van der Waals surface area contributed by atoms with Crippen LogP contribution in [0.25, 0.3) is 0 Å². The summed E-state index contributed by atoms with van der Waals surface area (Å²) in [7, 11) is 0. The Morgan fingerprint density at radius 1 is 1.46 bits per heavy atom. The molecule has 1 aliphatic rings. The maximum absolute atomic E-state index is 11.0. The Hall–Kier alpha value is -0.750. The van der Waals surface area contributed by atoms with Gasteiger partial charge in [-0.05, 0) is 0 Å². The second-order valence-electron chi connectivity index (χ2n) is 2.54. The zero-order chi connectivity index (χ0) is 9.68. The minimum absolute atomic E-state index is 0.115. The van der Waals surface area contributed by atoms with Crippen molar-refractivity contribution in [1.82, 2.24) is 10.2 Å². The van der Waals surface area contributed by atoms with Gasteiger partial charge in [-0.2, -0.15) is 11.8 Å². The smallest absolute Gasteiger partial charge is 0.324 e. The minimum atomic E-state index is -0.311. The number of aliphatic hydroxyl groups is 1. The second-order valence-corrected chi connectivity index (χ2v) is 3.76. The van der Waals surface area contributed by atoms with E-state index in [4.69, 9.17) is 5.11 Å². The van der Waals surface area contributed by atoms with Crippen LogP contribution in [0.5, 0.6) is 0 Å². The molecule has 1 aliphatic heterocycles. The summed E-state index contributed by atoms with van der Waals surface area (Å²) in [5.41, 5.74) is 0. The van der Waals surface area contributed by atoms with E-state index in [0.717, 1.165) is 0 Å². The molecule has 0 radical (unpaired) electrons. The van der Waals surface area contributed by atoms with Crippen molar-refractivity contribution in [1.29, 1.82) is 0 Å². The van der Waals surface area contributed by atoms with Crippen LogP contribution in [0, 0.1) is 0 Å². The first-order valence-electron chi connectivity index (χ1n) is 4.02. The van der Waals surface area contributed by atoms with Crippen LogP contribution in [0.15, 0.2) is 0 Å². The van der Waals surface area contributed by atoms with Crippen LogP contribution in [0.1, 0.15) is 0 Å². The fourth-order valence-electron chi connectivity index (χ4n) is 1.00. The Morgan fingerprint density at radius 3 is 2.77 bits per heavy atom. The molecule has 13 heavy (non-hydrogen) atoms. The summed E-state index contributed by atoms with van der Waals surface area (Å²) < 4.78 is 0. The van der Waals surface area contributed by atoms with Gasteiger partial charge in [-0.1, -0.05) is 0 Å². The van der Waals surface area contributed by atoms with Crippen molar-refractivity contribution in [2.45, 2.75) is 0 Å². The third-order valence-electron chi connectivity index (χ3n) is 1.63. The lowest BCUT2D eigenvalue weighted by molar-refractivity contribution is -0.124. The second kappa shape index (κ2) is 5.08. The first kappa shape index (κ1) is 10.3. The average Bonchev–Trinajstić information content (AvgIpc) is 2.42. The van der Waals surface area contributed by atoms with Gasteiger partial charge in [-0.15, -0.1) is 0 Å². The van der Waals surface area contributed by atoms with E-state index in [1.165, 1.54) is 16.7 Å². The molecular weight excluding hydrogens is 192 g/mol. The molecule has 0 aromatic rings. The topological polar surface area (TPSA) is 69.6 Å². The molecule has 74 valence electrons. The van der Waals surface area contributed by atoms with Gasteiger partial charge in [0.1, 0.15) is 0 Å². The van der Waals surface area contributed by atoms with E-state index in [9.17, 15) is 9.59 Å². The largest absolute Gasteiger partial charge is 0.396 e. The monoisotopic (exact) mass is 204 g/mol. The van der Waals surface area contributed by atoms with E-state index in [1.54, 1.807) is 0 Å². The van der Waals surface area contributed by atoms with E-state index < -0.39 is 0 Å². The van der Waals surface area contributed by atoms with Crippen molar-refractivity contribution in [3.05, 3.63) is 0 Å². The summed E-state index contributed by atoms with van der Waals surface area (Å²) in [6, 6.07) is -0.311. The van der Waals surface area contributed by atoms with E-state index in [0.29, 0.717) is 18.1 Å². The number of rotatable bonds is 5. The van der Waals surface area contributed by atoms with Crippen molar-refractivity contribution in [3.63, 3.8) is 0 Å². The Balaban J connectivity index is 2.20. The lowest BCUT2D eigenvalue weighted by atomic mass is 10.5. The van der Waals surface area contributed by atoms with Crippen LogP contribution in [-0.4, -0.2) is 53.1 Å². The van der Waals surface area contributed by atoms with Gasteiger partial charge in [-0.3, -0.25) is 9.69 Å². The lowest BCUT2D eigenvalue weighted by Crippen LogP contribution is -2.32. The molecule has 0 aromatic heterocycles. The number of hydrogen-bond acceptors (Lipinski definition) is 4. The molecule has 1 saturated heterocycles. The number of thioether (sulfide) groups is 1. The van der Waals surface area contributed by atoms with Gasteiger partial charge in [-0.25, -0.2) is 4.79 Å². The van der Waals surface area contributed by atoms with Crippen LogP contribution in [0.2, 0.25) is 0 Å². The fraction of sp³-hybridized carbons (Fsp3) is 0.714. The van der Waals surface area contributed by atoms with Crippen molar-refractivity contribution in [3.8, 4) is 0 Å². The zero-order valence-electron chi connectivity index (χ0n) is 7.15. The highest BCUT2D eigenvalue weighted by molar-refractivity contribution is 7.99. The van der Waals surface area contributed by atoms with Gasteiger partial charge >= 0.3 is 6.03 Å². The molecule has 6 heteroatoms. The lowest BCUT2D eigenvalue weighted by Gasteiger charge is -2.10. The van der Waals surface area contributed by atoms with Gasteiger partial charge in [0.05, 0.1) is 13.2 Å². The van der Waals surface area contributed by atoms with Gasteiger partial charge in [0.15, 0.2) is 0 Å². The molecule has 3 amide bonds. The minimum Gasteiger partial charge on any atom is -0.396 e. The predicted molar refractivity (Wildman–Crippen MR) is 49.5 cm³/mol. The molecule has 0 unspecified atom stereocenters. The molecule has 0 aromatic carbocycles. The summed E-state index contributed by atoms with van der Waals surface area (Å²) >= 11 is 1.52. The molecule has 0 bridgehead atoms. The number of imide groups is 1. The number of hydrogen-bond donors (Lipinski definition) is 2. The molecule has 2 N–H and O–H groups in total. The highest BCUT2D eigenvalue weighted by Gasteiger charge is 2.27. The van der Waals surface area contributed by atoms with Crippen LogP contribution >= 0.6 is 11.8 Å². The highest BCUT2D eigenvalue weighted by atomic mass is 32.2. The number of carbonyl (C=O) groups excluding carboxylic acids is 2. The third kappa shape index (κ3) is 2.89. The summed E-state index contributed by atoms with van der Waals surface area (Å²) in [6.07, 6.45) is 0. The molecule has 0 atom stereocenters. The Bertz CT molecular complexity index is 194. The van der Waals surface area contributed by atoms with Crippen LogP contribution in [0.3, 0.4) is 0 Å². The standard InChI is InChI=1S/C7H12N2O3S/c10-2-4-13-3-1-9-6(11)5-8-7(9)12/h10H,1-5H2,(H,8,12). The van der Waals surface area contributed by atoms with Gasteiger partial charge in [0.2, 0.25) is 5.91 Å². The van der Waals surface area contributed by atoms with E-state index in [-0.39, 0.29) is 25.1 Å². The maximum Gasteiger partial charge on any atom is 0.324 e. The Morgan fingerprint density at radius 2 is 2.23 bits per heavy atom. The molecular formula is C7H12N2O3S. The zero-order valence-corrected chi connectivity index (χ0v) is 7.97. The summed E-state index contributed by atoms with van der Waals surface area (Å²) in [5, 5.41) is 10.9. The first-order valence-corrected chi connectivity index (χ1v) is 5.18. The van der Waals surface area contributed by atoms with Gasteiger partial charge in [0.25, 0.3) is 0 Å². The SMILES string of the molecule is O=C1CNC(=O)N1CCSCCO. The number of urea groups is 1. The molecule has 0 spiro atoms. The highest BCUT2D eigenvalue weighted by Crippen LogP contribution is 2.03. The van der Waals surface area contributed by atoms with E-state index in [2.05, 4.69) is 5.32 Å². The number of nitrogens with zero attached hydrogens (tertiary/aromatic N) is 1. The molecule has 1 heterocycles. The first-order chi connectivity index (χ1) is 6.25. The Kier molecular flexibility index (Phi) is 4.04. The summed E-state index contributed by atoms with van der Waals surface area (Å²) in [5.74, 6) is 1.15. The fourth-order valence-corrected chi connectivity index (χ4v) is 1.65. The number of amides is 3. The summed E-state index contributed by atoms with van der Waals surface area (Å²) in [6.45, 7) is 0.670. The number of aliphatic hydroxyl groups excluding tert-OH is 1. The van der Waals surface area contributed by atoms with Crippen molar-refractivity contribution < 1.29 is 14.7 Å². The quantitative estimate of drug-likeness (QED) is 0.457. The van der Waals surface area contributed by atoms with Gasteiger partial charge in [0, 0.05) is 18.1 Å². The molecule has 5 nitrogen and oxygen atoms in total. The molecule has 0 saturated carbocycles. The third-order valence-corrected chi connectivity index (χ3v) is 2.57. The molecule has 1 fully saturated rings. The number of carbonyl (C=O) groups is 2. The van der Waals surface area contributed by atoms with Crippen LogP contribution in [0.4, 0.5) is 4.79 Å². The van der Waals surface area contributed by atoms with E-state index >= 15 is 0 Å². The predicted octanol–water partition coefficient (Wildman–Crippen LogP) is -0.736. The Labute approximate surface area is 80.5 Å². The maximum atomic E-state index is 11.0. The van der Waals surface area contributed by atoms with Crippen LogP contribution < -0.4 is 5.32 Å². The van der Waals surface area contributed by atoms with Crippen molar-refractivity contribution in [2.24, 2.45) is 0 Å². The normalized spacial score (nSPS) is 16.5. The van der Waals surface area contributed by atoms with Crippen LogP contribution in [-0.2, 0) is 4.79 Å². The molecule has 1 rings (SSSR count). The summed E-state index contributed by atoms with van der Waals surface area (Å²) in [4.78, 5) is 23.2. The van der Waals surface area contributed by atoms with E-state index in [1.807, 2.05) is 0 Å². The van der Waals surface area contributed by atoms with Crippen molar-refractivity contribution in [2.75, 3.05) is 31.2 Å². The number of nitrogens with one attached hydrogen (secondary N) is 1. The van der Waals surface area contributed by atoms with Crippen molar-refractivity contribution >= 4 is 23.7 Å².